The molecule has 0 spiro atoms. The zero-order valence-corrected chi connectivity index (χ0v) is 46.8. The van der Waals surface area contributed by atoms with Gasteiger partial charge in [0.2, 0.25) is 0 Å². The average molecular weight is 1020 g/mol. The molecular formula is C70H65N7O. The third-order valence-corrected chi connectivity index (χ3v) is 15.1. The van der Waals surface area contributed by atoms with E-state index in [4.69, 9.17) is 34.3 Å². The molecule has 12 aromatic rings. The molecular weight excluding hydrogens is 955 g/mol. The van der Waals surface area contributed by atoms with Gasteiger partial charge < -0.3 is 8.98 Å². The maximum Gasteiger partial charge on any atom is 0.166 e. The maximum absolute atomic E-state index is 6.77. The molecule has 4 aromatic heterocycles. The van der Waals surface area contributed by atoms with Gasteiger partial charge in [0.25, 0.3) is 0 Å². The summed E-state index contributed by atoms with van der Waals surface area (Å²) in [6.45, 7) is 27.2. The summed E-state index contributed by atoms with van der Waals surface area (Å²) >= 11 is 0. The fourth-order valence-corrected chi connectivity index (χ4v) is 10.5. The molecule has 0 bridgehead atoms. The second kappa shape index (κ2) is 18.5. The maximum atomic E-state index is 6.77. The smallest absolute Gasteiger partial charge is 0.166 e. The lowest BCUT2D eigenvalue weighted by Crippen LogP contribution is -2.17. The third kappa shape index (κ3) is 9.23. The molecule has 0 N–H and O–H groups in total. The Kier molecular flexibility index (Phi) is 11.9. The van der Waals surface area contributed by atoms with Crippen molar-refractivity contribution in [2.24, 2.45) is 0 Å². The van der Waals surface area contributed by atoms with Gasteiger partial charge in [0.05, 0.1) is 22.1 Å². The fraction of sp³-hybridized carbons (Fsp3) is 0.229. The minimum absolute atomic E-state index is 0.132. The van der Waals surface area contributed by atoms with Crippen LogP contribution in [0.25, 0.3) is 118 Å². The van der Waals surface area contributed by atoms with Crippen LogP contribution in [-0.2, 0) is 21.7 Å². The summed E-state index contributed by atoms with van der Waals surface area (Å²) < 4.78 is 9.10. The summed E-state index contributed by atoms with van der Waals surface area (Å²) in [5.74, 6) is 3.37. The van der Waals surface area contributed by atoms with Gasteiger partial charge in [-0.15, -0.1) is 0 Å². The highest BCUT2D eigenvalue weighted by Crippen LogP contribution is 2.44. The molecule has 0 aliphatic rings. The molecule has 386 valence electrons. The van der Waals surface area contributed by atoms with Crippen molar-refractivity contribution in [3.8, 4) is 74.0 Å². The molecule has 0 aliphatic heterocycles. The summed E-state index contributed by atoms with van der Waals surface area (Å²) in [4.78, 5) is 32.4. The first-order valence-electron chi connectivity index (χ1n) is 27.1. The van der Waals surface area contributed by atoms with Crippen molar-refractivity contribution in [3.05, 3.63) is 198 Å². The monoisotopic (exact) mass is 1020 g/mol. The molecule has 0 saturated carbocycles. The minimum atomic E-state index is -0.132. The lowest BCUT2D eigenvalue weighted by atomic mass is 9.79. The van der Waals surface area contributed by atoms with E-state index in [-0.39, 0.29) is 21.7 Å². The Hall–Kier alpha value is -8.62. The van der Waals surface area contributed by atoms with E-state index in [0.717, 1.165) is 82.8 Å². The molecule has 0 unspecified atom stereocenters. The van der Waals surface area contributed by atoms with Gasteiger partial charge in [0.15, 0.2) is 34.9 Å². The van der Waals surface area contributed by atoms with Crippen LogP contribution >= 0.6 is 0 Å². The molecule has 0 fully saturated rings. The number of hydrogen-bond donors (Lipinski definition) is 0. The minimum Gasteiger partial charge on any atom is -0.455 e. The van der Waals surface area contributed by atoms with E-state index in [9.17, 15) is 0 Å². The molecule has 0 saturated heterocycles. The molecule has 0 radical (unpaired) electrons. The van der Waals surface area contributed by atoms with E-state index >= 15 is 0 Å². The molecule has 12 rings (SSSR count). The van der Waals surface area contributed by atoms with E-state index in [1.807, 2.05) is 72.8 Å². The van der Waals surface area contributed by atoms with Crippen molar-refractivity contribution in [1.29, 1.82) is 0 Å². The zero-order chi connectivity index (χ0) is 54.5. The predicted molar refractivity (Wildman–Crippen MR) is 322 cm³/mol. The van der Waals surface area contributed by atoms with Crippen molar-refractivity contribution in [2.75, 3.05) is 0 Å². The second-order valence-electron chi connectivity index (χ2n) is 25.0. The summed E-state index contributed by atoms with van der Waals surface area (Å²) in [6.07, 6.45) is 0. The quantitative estimate of drug-likeness (QED) is 0.157. The molecule has 8 aromatic carbocycles. The van der Waals surface area contributed by atoms with Gasteiger partial charge in [-0.1, -0.05) is 192 Å². The van der Waals surface area contributed by atoms with E-state index in [1.54, 1.807) is 0 Å². The summed E-state index contributed by atoms with van der Waals surface area (Å²) in [7, 11) is 0. The van der Waals surface area contributed by atoms with Crippen LogP contribution < -0.4 is 0 Å². The second-order valence-corrected chi connectivity index (χ2v) is 25.0. The first-order chi connectivity index (χ1) is 37.2. The molecule has 78 heavy (non-hydrogen) atoms. The topological polar surface area (TPSA) is 95.4 Å². The van der Waals surface area contributed by atoms with Crippen molar-refractivity contribution in [3.63, 3.8) is 0 Å². The Morgan fingerprint density at radius 2 is 0.744 bits per heavy atom. The van der Waals surface area contributed by atoms with E-state index < -0.39 is 0 Å². The lowest BCUT2D eigenvalue weighted by Gasteiger charge is -2.26. The van der Waals surface area contributed by atoms with Crippen LogP contribution in [-0.4, -0.2) is 34.5 Å². The first kappa shape index (κ1) is 50.2. The van der Waals surface area contributed by atoms with Gasteiger partial charge in [-0.2, -0.15) is 0 Å². The van der Waals surface area contributed by atoms with Crippen molar-refractivity contribution in [2.45, 2.75) is 105 Å². The zero-order valence-electron chi connectivity index (χ0n) is 46.8. The predicted octanol–water partition coefficient (Wildman–Crippen LogP) is 18.2. The number of aromatic nitrogens is 7. The normalized spacial score (nSPS) is 12.6. The summed E-state index contributed by atoms with van der Waals surface area (Å²) in [5, 5.41) is 4.26. The highest BCUT2D eigenvalue weighted by atomic mass is 16.3. The number of para-hydroxylation sites is 2. The van der Waals surface area contributed by atoms with Crippen LogP contribution in [0, 0.1) is 0 Å². The van der Waals surface area contributed by atoms with Crippen LogP contribution in [0.1, 0.15) is 105 Å². The van der Waals surface area contributed by atoms with Gasteiger partial charge in [0.1, 0.15) is 11.2 Å². The molecule has 8 heteroatoms. The summed E-state index contributed by atoms with van der Waals surface area (Å²) in [6, 6.07) is 61.7. The number of benzene rings is 8. The van der Waals surface area contributed by atoms with Crippen LogP contribution in [0.15, 0.2) is 180 Å². The van der Waals surface area contributed by atoms with Crippen LogP contribution in [0.3, 0.4) is 0 Å². The van der Waals surface area contributed by atoms with Crippen molar-refractivity contribution >= 4 is 43.7 Å². The summed E-state index contributed by atoms with van der Waals surface area (Å²) in [5.41, 5.74) is 14.1. The fourth-order valence-electron chi connectivity index (χ4n) is 10.5. The van der Waals surface area contributed by atoms with Gasteiger partial charge >= 0.3 is 0 Å². The van der Waals surface area contributed by atoms with E-state index in [1.165, 1.54) is 22.3 Å². The van der Waals surface area contributed by atoms with Gasteiger partial charge in [-0.3, -0.25) is 0 Å². The molecule has 8 nitrogen and oxygen atoms in total. The SMILES string of the molecule is CC(C)(C)c1cc(-c2nc(-c3cc(C(C)(C)C)cc(C(C)(C)C)c3)nc(-c3ccc(-n4c5ccccc5c5c6oc7ccccc7c6ccc54)c(-c4nc(-c5ccccc5)nc(-c5ccccc5)n4)c3)n2)cc(C(C)(C)C)c1. The van der Waals surface area contributed by atoms with Gasteiger partial charge in [0, 0.05) is 49.5 Å². The van der Waals surface area contributed by atoms with Gasteiger partial charge in [-0.05, 0) is 111 Å². The Bertz CT molecular complexity index is 4080. The van der Waals surface area contributed by atoms with Gasteiger partial charge in [-0.25, -0.2) is 29.9 Å². The number of fused-ring (bicyclic) bond motifs is 7. The largest absolute Gasteiger partial charge is 0.455 e. The van der Waals surface area contributed by atoms with Crippen molar-refractivity contribution in [1.82, 2.24) is 34.5 Å². The molecule has 0 amide bonds. The standard InChI is InChI=1S/C70H65N7O/c1-67(2,3)47-35-45(36-48(40-47)68(4,5)6)64-72-63(73-65(74-64)46-37-49(69(7,8)9)41-50(38-46)70(10,11)12)44-31-33-56(54(39-44)66-75-61(42-23-15-13-16-24-42)71-62(76-66)43-25-17-14-18-26-43)77-55-29-21-19-28-53(55)59-57(77)34-32-52-51-27-20-22-30-58(51)78-60(52)59/h13-41H,1-12H3. The Labute approximate surface area is 457 Å². The molecule has 4 heterocycles. The Balaban J connectivity index is 1.18. The number of hydrogen-bond acceptors (Lipinski definition) is 7. The van der Waals surface area contributed by atoms with E-state index in [0.29, 0.717) is 34.9 Å². The molecule has 0 aliphatic carbocycles. The highest BCUT2D eigenvalue weighted by molar-refractivity contribution is 6.24. The van der Waals surface area contributed by atoms with Crippen LogP contribution in [0.4, 0.5) is 0 Å². The van der Waals surface area contributed by atoms with E-state index in [2.05, 4.69) is 191 Å². The first-order valence-corrected chi connectivity index (χ1v) is 27.1. The number of nitrogens with zero attached hydrogens (tertiary/aromatic N) is 7. The Morgan fingerprint density at radius 3 is 1.24 bits per heavy atom. The number of furan rings is 1. The number of rotatable bonds is 7. The van der Waals surface area contributed by atoms with Crippen LogP contribution in [0.5, 0.6) is 0 Å². The lowest BCUT2D eigenvalue weighted by molar-refractivity contribution is 0.568. The van der Waals surface area contributed by atoms with Crippen molar-refractivity contribution < 1.29 is 4.42 Å². The highest BCUT2D eigenvalue weighted by Gasteiger charge is 2.28. The molecule has 0 atom stereocenters. The third-order valence-electron chi connectivity index (χ3n) is 15.1. The van der Waals surface area contributed by atoms with Crippen LogP contribution in [0.2, 0.25) is 0 Å². The average Bonchev–Trinajstić information content (AvgIpc) is 4.07. The Morgan fingerprint density at radius 1 is 0.321 bits per heavy atom.